The quantitative estimate of drug-likeness (QED) is 0.172. The molecule has 7 aromatic carbocycles. The highest BCUT2D eigenvalue weighted by atomic mass is 14.9. The summed E-state index contributed by atoms with van der Waals surface area (Å²) in [7, 11) is 0. The van der Waals surface area contributed by atoms with E-state index < -0.39 is 0 Å². The molecule has 0 saturated heterocycles. The maximum absolute atomic E-state index is 5.15. The molecule has 10 rings (SSSR count). The highest BCUT2D eigenvalue weighted by Gasteiger charge is 2.36. The predicted octanol–water partition coefficient (Wildman–Crippen LogP) is 14.0. The summed E-state index contributed by atoms with van der Waals surface area (Å²) in [5.41, 5.74) is 17.7. The second-order valence-corrected chi connectivity index (χ2v) is 15.3. The topological polar surface area (TPSA) is 25.8 Å². The number of fused-ring (bicyclic) bond motifs is 5. The fraction of sp³-hybridized carbons (Fsp3) is 0.0943. The van der Waals surface area contributed by atoms with E-state index in [2.05, 4.69) is 196 Å². The summed E-state index contributed by atoms with van der Waals surface area (Å²) in [6.07, 6.45) is 8.68. The summed E-state index contributed by atoms with van der Waals surface area (Å²) >= 11 is 0. The summed E-state index contributed by atoms with van der Waals surface area (Å²) in [6, 6.07) is 59.5. The van der Waals surface area contributed by atoms with E-state index in [1.165, 1.54) is 60.8 Å². The van der Waals surface area contributed by atoms with Crippen molar-refractivity contribution < 1.29 is 0 Å². The Kier molecular flexibility index (Phi) is 7.99. The van der Waals surface area contributed by atoms with Gasteiger partial charge in [0.25, 0.3) is 0 Å². The average Bonchev–Trinajstić information content (AvgIpc) is 3.49. The van der Waals surface area contributed by atoms with Gasteiger partial charge in [0.2, 0.25) is 0 Å². The van der Waals surface area contributed by atoms with E-state index in [1.807, 2.05) is 0 Å². The van der Waals surface area contributed by atoms with Crippen LogP contribution in [0.15, 0.2) is 182 Å². The molecule has 0 N–H and O–H groups in total. The smallest absolute Gasteiger partial charge is 0.160 e. The van der Waals surface area contributed by atoms with Gasteiger partial charge in [-0.3, -0.25) is 0 Å². The van der Waals surface area contributed by atoms with Crippen molar-refractivity contribution >= 4 is 16.3 Å². The van der Waals surface area contributed by atoms with Gasteiger partial charge in [0.05, 0.1) is 11.4 Å². The van der Waals surface area contributed by atoms with Crippen LogP contribution in [0.3, 0.4) is 0 Å². The summed E-state index contributed by atoms with van der Waals surface area (Å²) < 4.78 is 0. The second-order valence-electron chi connectivity index (χ2n) is 15.3. The zero-order chi connectivity index (χ0) is 36.9. The van der Waals surface area contributed by atoms with Gasteiger partial charge in [-0.05, 0) is 97.4 Å². The first-order valence-corrected chi connectivity index (χ1v) is 19.3. The van der Waals surface area contributed by atoms with E-state index in [9.17, 15) is 0 Å². The standard InChI is InChI=1S/C53H40N2/c1-53(2)47-31-29-39-14-9-10-19-45(39)51(47)46-30-28-43(33-48(46)53)38-22-20-37(21-23-38)42-17-11-18-44(32-42)50-34-49(54-52(55-50)41-15-7-4-8-16-41)40-26-24-36(25-27-40)35-12-5-3-6-13-35/h3,5-7,9-34H,4,8H2,1-2H3. The van der Waals surface area contributed by atoms with Crippen molar-refractivity contribution in [2.75, 3.05) is 0 Å². The van der Waals surface area contributed by atoms with Crippen LogP contribution in [-0.2, 0) is 5.41 Å². The normalized spacial score (nSPS) is 14.0. The molecule has 0 atom stereocenters. The van der Waals surface area contributed by atoms with Gasteiger partial charge in [0.1, 0.15) is 0 Å². The largest absolute Gasteiger partial charge is 0.228 e. The highest BCUT2D eigenvalue weighted by Crippen LogP contribution is 2.52. The number of hydrogen-bond acceptors (Lipinski definition) is 2. The first-order chi connectivity index (χ1) is 27.0. The molecular formula is C53H40N2. The Bertz CT molecular complexity index is 2800. The van der Waals surface area contributed by atoms with E-state index in [0.717, 1.165) is 52.3 Å². The molecule has 0 fully saturated rings. The number of allylic oxidation sites excluding steroid dienone is 4. The second kappa shape index (κ2) is 13.3. The minimum absolute atomic E-state index is 0.0682. The lowest BCUT2D eigenvalue weighted by Gasteiger charge is -2.22. The van der Waals surface area contributed by atoms with Gasteiger partial charge in [-0.25, -0.2) is 9.97 Å². The lowest BCUT2D eigenvalue weighted by molar-refractivity contribution is 0.661. The number of benzene rings is 7. The Labute approximate surface area is 323 Å². The molecule has 8 aromatic rings. The molecule has 1 heterocycles. The van der Waals surface area contributed by atoms with Crippen molar-refractivity contribution in [3.8, 4) is 67.0 Å². The number of hydrogen-bond donors (Lipinski definition) is 0. The maximum atomic E-state index is 5.15. The zero-order valence-electron chi connectivity index (χ0n) is 31.1. The SMILES string of the molecule is CC1(C)c2cc(-c3ccc(-c4cccc(-c5cc(-c6ccc(-c7ccccc7)cc6)nc(C6=CCCC=C6)n5)c4)cc3)ccc2-c2c1ccc1ccccc21. The Balaban J connectivity index is 0.974. The molecule has 0 aliphatic heterocycles. The van der Waals surface area contributed by atoms with Crippen LogP contribution in [-0.4, -0.2) is 9.97 Å². The minimum Gasteiger partial charge on any atom is -0.228 e. The van der Waals surface area contributed by atoms with Gasteiger partial charge in [0, 0.05) is 22.1 Å². The van der Waals surface area contributed by atoms with Crippen LogP contribution in [0.4, 0.5) is 0 Å². The average molecular weight is 705 g/mol. The molecule has 0 radical (unpaired) electrons. The van der Waals surface area contributed by atoms with Gasteiger partial charge in [-0.15, -0.1) is 0 Å². The lowest BCUT2D eigenvalue weighted by atomic mass is 9.81. The van der Waals surface area contributed by atoms with E-state index in [0.29, 0.717) is 0 Å². The summed E-state index contributed by atoms with van der Waals surface area (Å²) in [5.74, 6) is 0.763. The van der Waals surface area contributed by atoms with E-state index in [-0.39, 0.29) is 5.41 Å². The van der Waals surface area contributed by atoms with E-state index in [4.69, 9.17) is 9.97 Å². The van der Waals surface area contributed by atoms with Gasteiger partial charge in [-0.1, -0.05) is 178 Å². The van der Waals surface area contributed by atoms with Crippen LogP contribution in [0.2, 0.25) is 0 Å². The summed E-state index contributed by atoms with van der Waals surface area (Å²) in [4.78, 5) is 10.2. The monoisotopic (exact) mass is 704 g/mol. The van der Waals surface area contributed by atoms with E-state index >= 15 is 0 Å². The third kappa shape index (κ3) is 5.91. The molecule has 1 aromatic heterocycles. The molecule has 2 aliphatic rings. The molecule has 2 heteroatoms. The van der Waals surface area contributed by atoms with Crippen LogP contribution in [0.1, 0.15) is 43.6 Å². The Morgan fingerprint density at radius 1 is 0.455 bits per heavy atom. The molecule has 0 saturated carbocycles. The van der Waals surface area contributed by atoms with Crippen molar-refractivity contribution in [1.82, 2.24) is 9.97 Å². The number of rotatable bonds is 6. The lowest BCUT2D eigenvalue weighted by Crippen LogP contribution is -2.15. The third-order valence-corrected chi connectivity index (χ3v) is 11.5. The molecular weight excluding hydrogens is 665 g/mol. The van der Waals surface area contributed by atoms with Crippen LogP contribution in [0.5, 0.6) is 0 Å². The van der Waals surface area contributed by atoms with Crippen molar-refractivity contribution in [2.24, 2.45) is 0 Å². The highest BCUT2D eigenvalue weighted by molar-refractivity contribution is 6.02. The van der Waals surface area contributed by atoms with Gasteiger partial charge in [-0.2, -0.15) is 0 Å². The van der Waals surface area contributed by atoms with Gasteiger partial charge in [0.15, 0.2) is 5.82 Å². The van der Waals surface area contributed by atoms with Crippen molar-refractivity contribution in [3.63, 3.8) is 0 Å². The van der Waals surface area contributed by atoms with Crippen LogP contribution < -0.4 is 0 Å². The van der Waals surface area contributed by atoms with Crippen LogP contribution >= 0.6 is 0 Å². The number of nitrogens with zero attached hydrogens (tertiary/aromatic N) is 2. The molecule has 0 amide bonds. The number of aromatic nitrogens is 2. The predicted molar refractivity (Wildman–Crippen MR) is 231 cm³/mol. The first kappa shape index (κ1) is 33.0. The molecule has 0 unspecified atom stereocenters. The first-order valence-electron chi connectivity index (χ1n) is 19.3. The zero-order valence-corrected chi connectivity index (χ0v) is 31.1. The maximum Gasteiger partial charge on any atom is 0.160 e. The Morgan fingerprint density at radius 2 is 1.05 bits per heavy atom. The summed E-state index contributed by atoms with van der Waals surface area (Å²) in [6.45, 7) is 4.72. The molecule has 0 bridgehead atoms. The summed E-state index contributed by atoms with van der Waals surface area (Å²) in [5, 5.41) is 2.63. The van der Waals surface area contributed by atoms with Gasteiger partial charge >= 0.3 is 0 Å². The fourth-order valence-electron chi connectivity index (χ4n) is 8.52. The third-order valence-electron chi connectivity index (χ3n) is 11.5. The Hall–Kier alpha value is -6.64. The molecule has 262 valence electrons. The van der Waals surface area contributed by atoms with Crippen molar-refractivity contribution in [2.45, 2.75) is 32.1 Å². The van der Waals surface area contributed by atoms with E-state index in [1.54, 1.807) is 0 Å². The molecule has 2 aliphatic carbocycles. The molecule has 0 spiro atoms. The van der Waals surface area contributed by atoms with Crippen molar-refractivity contribution in [3.05, 3.63) is 199 Å². The van der Waals surface area contributed by atoms with Crippen molar-refractivity contribution in [1.29, 1.82) is 0 Å². The van der Waals surface area contributed by atoms with Gasteiger partial charge < -0.3 is 0 Å². The Morgan fingerprint density at radius 3 is 1.80 bits per heavy atom. The van der Waals surface area contributed by atoms with Crippen LogP contribution in [0, 0.1) is 0 Å². The minimum atomic E-state index is -0.0682. The molecule has 2 nitrogen and oxygen atoms in total. The molecule has 55 heavy (non-hydrogen) atoms. The van der Waals surface area contributed by atoms with Crippen LogP contribution in [0.25, 0.3) is 83.4 Å². The fourth-order valence-corrected chi connectivity index (χ4v) is 8.52.